The second-order valence-corrected chi connectivity index (χ2v) is 9.20. The van der Waals surface area contributed by atoms with Crippen LogP contribution in [0.2, 0.25) is 0 Å². The zero-order chi connectivity index (χ0) is 12.6. The molecule has 92 valence electrons. The van der Waals surface area contributed by atoms with Crippen LogP contribution in [0.25, 0.3) is 39.0 Å². The highest BCUT2D eigenvalue weighted by Crippen LogP contribution is 2.47. The summed E-state index contributed by atoms with van der Waals surface area (Å²) in [5, 5.41) is 6.52. The number of hydrogen-bond acceptors (Lipinski definition) is 4. The van der Waals surface area contributed by atoms with E-state index in [2.05, 4.69) is 36.6 Å². The fourth-order valence-electron chi connectivity index (χ4n) is 2.69. The maximum Gasteiger partial charge on any atom is 0.0880 e. The summed E-state index contributed by atoms with van der Waals surface area (Å²) < 4.78 is 7.31. The van der Waals surface area contributed by atoms with Crippen LogP contribution in [0.15, 0.2) is 29.6 Å². The van der Waals surface area contributed by atoms with Gasteiger partial charge in [0.25, 0.3) is 0 Å². The quantitative estimate of drug-likeness (QED) is 0.293. The zero-order valence-corrected chi connectivity index (χ0v) is 13.3. The lowest BCUT2D eigenvalue weighted by Crippen LogP contribution is -1.65. The minimum absolute atomic E-state index is 1.41. The van der Waals surface area contributed by atoms with Gasteiger partial charge in [-0.05, 0) is 24.4 Å². The van der Waals surface area contributed by atoms with E-state index in [9.17, 15) is 0 Å². The Kier molecular flexibility index (Phi) is 2.03. The van der Waals surface area contributed by atoms with Crippen molar-refractivity contribution >= 4 is 84.3 Å². The highest BCUT2D eigenvalue weighted by molar-refractivity contribution is 7.44. The first kappa shape index (κ1) is 10.8. The molecule has 5 rings (SSSR count). The van der Waals surface area contributed by atoms with Gasteiger partial charge in [-0.2, -0.15) is 0 Å². The summed E-state index contributed by atoms with van der Waals surface area (Å²) in [6, 6.07) is 9.21. The van der Waals surface area contributed by atoms with Crippen LogP contribution < -0.4 is 0 Å². The zero-order valence-electron chi connectivity index (χ0n) is 10.0. The van der Waals surface area contributed by atoms with Crippen molar-refractivity contribution in [3.63, 3.8) is 0 Å². The molecule has 0 bridgehead atoms. The Morgan fingerprint density at radius 3 is 2.58 bits per heavy atom. The Hall–Kier alpha value is -0.940. The maximum atomic E-state index is 2.33. The van der Waals surface area contributed by atoms with Crippen LogP contribution in [-0.2, 0) is 0 Å². The predicted molar refractivity (Wildman–Crippen MR) is 92.7 cm³/mol. The van der Waals surface area contributed by atoms with E-state index in [1.807, 2.05) is 45.3 Å². The second-order valence-electron chi connectivity index (χ2n) is 4.70. The fraction of sp³-hybridized carbons (Fsp3) is 0.0667. The van der Waals surface area contributed by atoms with Gasteiger partial charge in [-0.1, -0.05) is 12.1 Å². The largest absolute Gasteiger partial charge is 0.142 e. The smallest absolute Gasteiger partial charge is 0.0880 e. The van der Waals surface area contributed by atoms with Gasteiger partial charge < -0.3 is 0 Å². The summed E-state index contributed by atoms with van der Waals surface area (Å²) in [5.41, 5.74) is 0. The summed E-state index contributed by atoms with van der Waals surface area (Å²) in [7, 11) is 0. The van der Waals surface area contributed by atoms with Crippen LogP contribution in [0.5, 0.6) is 0 Å². The third-order valence-corrected chi connectivity index (χ3v) is 8.28. The lowest BCUT2D eigenvalue weighted by atomic mass is 10.1. The van der Waals surface area contributed by atoms with Crippen molar-refractivity contribution in [1.29, 1.82) is 0 Å². The Balaban J connectivity index is 2.08. The van der Waals surface area contributed by atoms with Gasteiger partial charge in [-0.3, -0.25) is 0 Å². The normalized spacial score (nSPS) is 12.5. The summed E-state index contributed by atoms with van der Waals surface area (Å²) in [5.74, 6) is 0. The first-order chi connectivity index (χ1) is 9.31. The fourth-order valence-corrected chi connectivity index (χ4v) is 7.74. The van der Waals surface area contributed by atoms with Gasteiger partial charge in [0.2, 0.25) is 0 Å². The summed E-state index contributed by atoms with van der Waals surface area (Å²) in [6.07, 6.45) is 0. The van der Waals surface area contributed by atoms with Crippen LogP contribution in [0, 0.1) is 6.92 Å². The van der Waals surface area contributed by atoms with E-state index in [4.69, 9.17) is 0 Å². The molecular weight excluding hydrogens is 308 g/mol. The molecule has 0 fully saturated rings. The van der Waals surface area contributed by atoms with Gasteiger partial charge in [0, 0.05) is 25.7 Å². The van der Waals surface area contributed by atoms with Gasteiger partial charge in [0.15, 0.2) is 0 Å². The average molecular weight is 316 g/mol. The maximum absolute atomic E-state index is 2.33. The average Bonchev–Trinajstić information content (AvgIpc) is 3.05. The van der Waals surface area contributed by atoms with Crippen molar-refractivity contribution in [2.24, 2.45) is 0 Å². The standard InChI is InChI=1S/C15H8S4/c1-7-6-10-8-2-3-9-12-11(4-5-16-12)18-14(9)13(8)19-15(10)17-7/h2-6H,1H3. The van der Waals surface area contributed by atoms with E-state index in [1.165, 1.54) is 43.8 Å². The number of hydrogen-bond donors (Lipinski definition) is 0. The molecule has 4 aromatic heterocycles. The molecule has 0 amide bonds. The van der Waals surface area contributed by atoms with Crippen LogP contribution in [-0.4, -0.2) is 0 Å². The Bertz CT molecular complexity index is 1070. The molecule has 0 aliphatic rings. The molecule has 0 unspecified atom stereocenters. The van der Waals surface area contributed by atoms with Crippen molar-refractivity contribution in [3.05, 3.63) is 34.5 Å². The molecule has 0 spiro atoms. The third-order valence-electron chi connectivity index (χ3n) is 3.50. The molecule has 0 N–H and O–H groups in total. The van der Waals surface area contributed by atoms with E-state index in [0.29, 0.717) is 0 Å². The topological polar surface area (TPSA) is 0 Å². The number of rotatable bonds is 0. The van der Waals surface area contributed by atoms with Gasteiger partial charge >= 0.3 is 0 Å². The van der Waals surface area contributed by atoms with Gasteiger partial charge in [0.1, 0.15) is 0 Å². The van der Waals surface area contributed by atoms with Crippen LogP contribution >= 0.6 is 45.3 Å². The Morgan fingerprint density at radius 1 is 0.789 bits per heavy atom. The third kappa shape index (κ3) is 1.32. The second kappa shape index (κ2) is 3.58. The molecule has 0 aliphatic heterocycles. The number of thiophene rings is 4. The molecule has 5 aromatic rings. The predicted octanol–water partition coefficient (Wildman–Crippen LogP) is 6.85. The molecule has 0 nitrogen and oxygen atoms in total. The lowest BCUT2D eigenvalue weighted by molar-refractivity contribution is 1.66. The van der Waals surface area contributed by atoms with Crippen molar-refractivity contribution in [2.45, 2.75) is 6.92 Å². The molecular formula is C15H8S4. The summed E-state index contributed by atoms with van der Waals surface area (Å²) in [6.45, 7) is 2.20. The van der Waals surface area contributed by atoms with Crippen LogP contribution in [0.1, 0.15) is 4.88 Å². The number of fused-ring (bicyclic) bond motifs is 7. The van der Waals surface area contributed by atoms with E-state index >= 15 is 0 Å². The van der Waals surface area contributed by atoms with Crippen molar-refractivity contribution < 1.29 is 0 Å². The Labute approximate surface area is 125 Å². The molecule has 19 heavy (non-hydrogen) atoms. The molecule has 0 aliphatic carbocycles. The highest BCUT2D eigenvalue weighted by atomic mass is 32.2. The van der Waals surface area contributed by atoms with E-state index in [0.717, 1.165) is 0 Å². The van der Waals surface area contributed by atoms with E-state index in [-0.39, 0.29) is 0 Å². The SMILES string of the molecule is Cc1cc2c(s1)sc1c2ccc2c3sccc3sc21. The van der Waals surface area contributed by atoms with E-state index < -0.39 is 0 Å². The monoisotopic (exact) mass is 316 g/mol. The van der Waals surface area contributed by atoms with Crippen LogP contribution in [0.3, 0.4) is 0 Å². The molecule has 0 saturated heterocycles. The Morgan fingerprint density at radius 2 is 1.63 bits per heavy atom. The minimum atomic E-state index is 1.41. The summed E-state index contributed by atoms with van der Waals surface area (Å²) >= 11 is 7.69. The minimum Gasteiger partial charge on any atom is -0.142 e. The molecule has 0 atom stereocenters. The van der Waals surface area contributed by atoms with Crippen molar-refractivity contribution in [2.75, 3.05) is 0 Å². The lowest BCUT2D eigenvalue weighted by Gasteiger charge is -1.92. The van der Waals surface area contributed by atoms with Crippen LogP contribution in [0.4, 0.5) is 0 Å². The molecule has 1 aromatic carbocycles. The van der Waals surface area contributed by atoms with Crippen molar-refractivity contribution in [3.8, 4) is 0 Å². The highest BCUT2D eigenvalue weighted by Gasteiger charge is 2.14. The van der Waals surface area contributed by atoms with E-state index in [1.54, 1.807) is 0 Å². The number of aryl methyl sites for hydroxylation is 1. The molecule has 4 heteroatoms. The molecule has 0 radical (unpaired) electrons. The van der Waals surface area contributed by atoms with Crippen molar-refractivity contribution in [1.82, 2.24) is 0 Å². The summed E-state index contributed by atoms with van der Waals surface area (Å²) in [4.78, 5) is 1.41. The van der Waals surface area contributed by atoms with Gasteiger partial charge in [0.05, 0.1) is 18.1 Å². The molecule has 0 saturated carbocycles. The number of benzene rings is 1. The van der Waals surface area contributed by atoms with Gasteiger partial charge in [-0.25, -0.2) is 0 Å². The van der Waals surface area contributed by atoms with Gasteiger partial charge in [-0.15, -0.1) is 45.3 Å². The first-order valence-electron chi connectivity index (χ1n) is 6.02. The first-order valence-corrected chi connectivity index (χ1v) is 9.35. The molecule has 4 heterocycles.